The Balaban J connectivity index is 2.32. The van der Waals surface area contributed by atoms with Gasteiger partial charge in [-0.15, -0.1) is 0 Å². The highest BCUT2D eigenvalue weighted by atomic mass is 16.5. The predicted octanol–water partition coefficient (Wildman–Crippen LogP) is 2.13. The Morgan fingerprint density at radius 2 is 1.80 bits per heavy atom. The van der Waals surface area contributed by atoms with Crippen molar-refractivity contribution < 1.29 is 14.9 Å². The minimum atomic E-state index is -0.526. The first kappa shape index (κ1) is 17.0. The fourth-order valence-electron chi connectivity index (χ4n) is 1.87. The predicted molar refractivity (Wildman–Crippen MR) is 81.0 cm³/mol. The molecular weight excluding hydrogens is 254 g/mol. The van der Waals surface area contributed by atoms with Crippen molar-refractivity contribution in [3.63, 3.8) is 0 Å². The van der Waals surface area contributed by atoms with Gasteiger partial charge in [-0.3, -0.25) is 0 Å². The van der Waals surface area contributed by atoms with E-state index in [0.717, 1.165) is 16.7 Å². The van der Waals surface area contributed by atoms with E-state index in [0.29, 0.717) is 38.0 Å². The number of aryl methyl sites for hydroxylation is 2. The normalized spacial score (nSPS) is 12.9. The van der Waals surface area contributed by atoms with Crippen molar-refractivity contribution in [2.45, 2.75) is 40.3 Å². The molecule has 0 heterocycles. The fourth-order valence-corrected chi connectivity index (χ4v) is 1.87. The second-order valence-corrected chi connectivity index (χ2v) is 5.78. The van der Waals surface area contributed by atoms with E-state index >= 15 is 0 Å². The van der Waals surface area contributed by atoms with Crippen LogP contribution >= 0.6 is 0 Å². The summed E-state index contributed by atoms with van der Waals surface area (Å²) in [5.41, 5.74) is 3.08. The molecule has 3 N–H and O–H groups in total. The van der Waals surface area contributed by atoms with Crippen LogP contribution in [0, 0.1) is 19.8 Å². The quantitative estimate of drug-likeness (QED) is 0.683. The molecule has 0 aliphatic heterocycles. The highest BCUT2D eigenvalue weighted by Gasteiger charge is 2.07. The zero-order chi connectivity index (χ0) is 15.1. The Morgan fingerprint density at radius 1 is 1.15 bits per heavy atom. The number of benzene rings is 1. The molecule has 0 aliphatic rings. The first-order valence-corrected chi connectivity index (χ1v) is 7.15. The topological polar surface area (TPSA) is 61.7 Å². The van der Waals surface area contributed by atoms with Crippen molar-refractivity contribution in [1.82, 2.24) is 5.32 Å². The van der Waals surface area contributed by atoms with Crippen molar-refractivity contribution in [3.05, 3.63) is 28.8 Å². The zero-order valence-electron chi connectivity index (χ0n) is 12.9. The summed E-state index contributed by atoms with van der Waals surface area (Å²) in [5, 5.41) is 22.8. The molecular formula is C16H27NO3. The molecule has 1 aromatic rings. The van der Waals surface area contributed by atoms with Gasteiger partial charge in [-0.1, -0.05) is 19.9 Å². The summed E-state index contributed by atoms with van der Waals surface area (Å²) in [6, 6.07) is 3.74. The van der Waals surface area contributed by atoms with Gasteiger partial charge in [-0.05, 0) is 37.0 Å². The van der Waals surface area contributed by atoms with E-state index in [4.69, 9.17) is 4.74 Å². The lowest BCUT2D eigenvalue weighted by atomic mass is 10.1. The van der Waals surface area contributed by atoms with Gasteiger partial charge in [0, 0.05) is 25.3 Å². The Bertz CT molecular complexity index is 418. The average Bonchev–Trinajstić information content (AvgIpc) is 2.35. The lowest BCUT2D eigenvalue weighted by molar-refractivity contribution is 0.0260. The molecule has 1 atom stereocenters. The van der Waals surface area contributed by atoms with E-state index < -0.39 is 6.10 Å². The van der Waals surface area contributed by atoms with Gasteiger partial charge >= 0.3 is 0 Å². The molecule has 0 fully saturated rings. The lowest BCUT2D eigenvalue weighted by Crippen LogP contribution is -2.30. The molecule has 4 nitrogen and oxygen atoms in total. The van der Waals surface area contributed by atoms with Gasteiger partial charge in [0.1, 0.15) is 5.75 Å². The summed E-state index contributed by atoms with van der Waals surface area (Å²) in [4.78, 5) is 0. The van der Waals surface area contributed by atoms with Crippen LogP contribution in [0.5, 0.6) is 5.75 Å². The van der Waals surface area contributed by atoms with E-state index in [1.807, 2.05) is 19.9 Å². The van der Waals surface area contributed by atoms with E-state index in [1.54, 1.807) is 6.07 Å². The van der Waals surface area contributed by atoms with E-state index in [1.165, 1.54) is 0 Å². The van der Waals surface area contributed by atoms with Crippen LogP contribution in [0.25, 0.3) is 0 Å². The van der Waals surface area contributed by atoms with Crippen molar-refractivity contribution in [3.8, 4) is 5.75 Å². The number of aromatic hydroxyl groups is 1. The van der Waals surface area contributed by atoms with Crippen molar-refractivity contribution in [1.29, 1.82) is 0 Å². The average molecular weight is 281 g/mol. The third-order valence-electron chi connectivity index (χ3n) is 3.15. The number of rotatable bonds is 8. The second-order valence-electron chi connectivity index (χ2n) is 5.78. The zero-order valence-corrected chi connectivity index (χ0v) is 12.9. The molecule has 20 heavy (non-hydrogen) atoms. The summed E-state index contributed by atoms with van der Waals surface area (Å²) >= 11 is 0. The van der Waals surface area contributed by atoms with Crippen LogP contribution < -0.4 is 5.32 Å². The van der Waals surface area contributed by atoms with Gasteiger partial charge in [-0.2, -0.15) is 0 Å². The molecule has 0 saturated heterocycles. The monoisotopic (exact) mass is 281 g/mol. The summed E-state index contributed by atoms with van der Waals surface area (Å²) < 4.78 is 5.38. The number of phenols is 1. The molecule has 114 valence electrons. The third kappa shape index (κ3) is 5.90. The Kier molecular flexibility index (Phi) is 6.99. The molecule has 0 saturated carbocycles. The summed E-state index contributed by atoms with van der Waals surface area (Å²) in [6.45, 7) is 10.1. The van der Waals surface area contributed by atoms with Gasteiger partial charge in [0.25, 0.3) is 0 Å². The maximum Gasteiger partial charge on any atom is 0.120 e. The highest BCUT2D eigenvalue weighted by Crippen LogP contribution is 2.21. The Morgan fingerprint density at radius 3 is 2.45 bits per heavy atom. The molecule has 0 spiro atoms. The van der Waals surface area contributed by atoms with E-state index in [2.05, 4.69) is 19.2 Å². The van der Waals surface area contributed by atoms with Crippen LogP contribution in [-0.4, -0.2) is 36.1 Å². The number of ether oxygens (including phenoxy) is 1. The molecule has 4 heteroatoms. The van der Waals surface area contributed by atoms with E-state index in [-0.39, 0.29) is 0 Å². The maximum absolute atomic E-state index is 9.86. The molecule has 0 radical (unpaired) electrons. The van der Waals surface area contributed by atoms with Crippen LogP contribution in [0.2, 0.25) is 0 Å². The number of hydrogen-bond donors (Lipinski definition) is 3. The van der Waals surface area contributed by atoms with Gasteiger partial charge in [0.05, 0.1) is 12.7 Å². The minimum Gasteiger partial charge on any atom is -0.508 e. The standard InChI is InChI=1S/C16H27NO3/c1-11(2)9-20-10-15(18)8-17-7-14-5-12(3)13(4)6-16(14)19/h5-6,11,15,17-19H,7-10H2,1-4H3. The van der Waals surface area contributed by atoms with Gasteiger partial charge in [0.2, 0.25) is 0 Å². The number of phenolic OH excluding ortho intramolecular Hbond substituents is 1. The fraction of sp³-hybridized carbons (Fsp3) is 0.625. The smallest absolute Gasteiger partial charge is 0.120 e. The first-order chi connectivity index (χ1) is 9.40. The molecule has 0 amide bonds. The number of nitrogens with one attached hydrogen (secondary N) is 1. The Labute approximate surface area is 121 Å². The van der Waals surface area contributed by atoms with Crippen molar-refractivity contribution >= 4 is 0 Å². The molecule has 1 unspecified atom stereocenters. The van der Waals surface area contributed by atoms with Crippen LogP contribution in [0.1, 0.15) is 30.5 Å². The summed E-state index contributed by atoms with van der Waals surface area (Å²) in [5.74, 6) is 0.772. The van der Waals surface area contributed by atoms with Gasteiger partial charge < -0.3 is 20.3 Å². The van der Waals surface area contributed by atoms with Crippen molar-refractivity contribution in [2.75, 3.05) is 19.8 Å². The van der Waals surface area contributed by atoms with Crippen LogP contribution in [0.15, 0.2) is 12.1 Å². The largest absolute Gasteiger partial charge is 0.508 e. The minimum absolute atomic E-state index is 0.297. The van der Waals surface area contributed by atoms with Gasteiger partial charge in [-0.25, -0.2) is 0 Å². The van der Waals surface area contributed by atoms with E-state index in [9.17, 15) is 10.2 Å². The molecule has 1 rings (SSSR count). The summed E-state index contributed by atoms with van der Waals surface area (Å²) in [7, 11) is 0. The first-order valence-electron chi connectivity index (χ1n) is 7.15. The molecule has 1 aromatic carbocycles. The van der Waals surface area contributed by atoms with Crippen LogP contribution in [0.4, 0.5) is 0 Å². The third-order valence-corrected chi connectivity index (χ3v) is 3.15. The van der Waals surface area contributed by atoms with Gasteiger partial charge in [0.15, 0.2) is 0 Å². The lowest BCUT2D eigenvalue weighted by Gasteiger charge is -2.14. The molecule has 0 aromatic heterocycles. The van der Waals surface area contributed by atoms with Crippen molar-refractivity contribution in [2.24, 2.45) is 5.92 Å². The SMILES string of the molecule is Cc1cc(O)c(CNCC(O)COCC(C)C)cc1C. The Hall–Kier alpha value is -1.10. The maximum atomic E-state index is 9.86. The summed E-state index contributed by atoms with van der Waals surface area (Å²) in [6.07, 6.45) is -0.526. The number of aliphatic hydroxyl groups is 1. The van der Waals surface area contributed by atoms with Crippen LogP contribution in [-0.2, 0) is 11.3 Å². The van der Waals surface area contributed by atoms with Crippen LogP contribution in [0.3, 0.4) is 0 Å². The highest BCUT2D eigenvalue weighted by molar-refractivity contribution is 5.40. The second kappa shape index (κ2) is 8.25. The number of hydrogen-bond acceptors (Lipinski definition) is 4. The molecule has 0 bridgehead atoms. The number of aliphatic hydroxyl groups excluding tert-OH is 1. The molecule has 0 aliphatic carbocycles.